The topological polar surface area (TPSA) is 119 Å². The summed E-state index contributed by atoms with van der Waals surface area (Å²) in [6.07, 6.45) is 0.653. The van der Waals surface area contributed by atoms with Crippen LogP contribution in [0.5, 0.6) is 5.75 Å². The summed E-state index contributed by atoms with van der Waals surface area (Å²) in [5, 5.41) is 11.9. The van der Waals surface area contributed by atoms with Crippen LogP contribution in [-0.2, 0) is 21.2 Å². The van der Waals surface area contributed by atoms with Crippen LogP contribution < -0.4 is 10.1 Å². The molecule has 39 heavy (non-hydrogen) atoms. The lowest BCUT2D eigenvalue weighted by molar-refractivity contribution is -0.123. The van der Waals surface area contributed by atoms with Crippen LogP contribution >= 0.6 is 11.3 Å². The number of methoxy groups -OCH3 is 1. The van der Waals surface area contributed by atoms with Gasteiger partial charge in [0.05, 0.1) is 7.11 Å². The number of carbonyl (C=O) groups is 2. The third-order valence-electron chi connectivity index (χ3n) is 6.51. The Morgan fingerprint density at radius 2 is 1.82 bits per heavy atom. The number of nitrogens with one attached hydrogen (secondary N) is 1. The molecule has 4 aromatic rings. The highest BCUT2D eigenvalue weighted by Gasteiger charge is 2.40. The molecule has 0 aliphatic carbocycles. The zero-order valence-corrected chi connectivity index (χ0v) is 23.0. The Morgan fingerprint density at radius 3 is 2.54 bits per heavy atom. The minimum Gasteiger partial charge on any atom is -0.495 e. The molecule has 1 atom stereocenters. The van der Waals surface area contributed by atoms with Gasteiger partial charge in [-0.05, 0) is 36.2 Å². The molecule has 0 bridgehead atoms. The lowest BCUT2D eigenvalue weighted by atomic mass is 9.99. The van der Waals surface area contributed by atoms with E-state index in [1.54, 1.807) is 0 Å². The Kier molecular flexibility index (Phi) is 7.45. The van der Waals surface area contributed by atoms with E-state index in [-0.39, 0.29) is 35.1 Å². The van der Waals surface area contributed by atoms with Crippen molar-refractivity contribution in [1.29, 1.82) is 0 Å². The molecule has 2 heterocycles. The maximum Gasteiger partial charge on any atom is 0.270 e. The molecule has 1 aromatic heterocycles. The Morgan fingerprint density at radius 1 is 1.08 bits per heavy atom. The van der Waals surface area contributed by atoms with Gasteiger partial charge in [-0.1, -0.05) is 71.5 Å². The average molecular weight is 563 g/mol. The summed E-state index contributed by atoms with van der Waals surface area (Å²) >= 11 is 1.24. The van der Waals surface area contributed by atoms with Gasteiger partial charge < -0.3 is 4.74 Å². The SMILES string of the molecule is COc1ccc(C(=O)Nc2nnc(Cc3ccc(C)cc3)s2)cc1S(=O)(=O)N1C[C@@H](c2ccccc2)CC1=O. The van der Waals surface area contributed by atoms with Crippen LogP contribution in [0.15, 0.2) is 77.7 Å². The highest BCUT2D eigenvalue weighted by Crippen LogP contribution is 2.35. The highest BCUT2D eigenvalue weighted by molar-refractivity contribution is 7.89. The molecular formula is C28H26N4O5S2. The van der Waals surface area contributed by atoms with E-state index >= 15 is 0 Å². The fraction of sp³-hybridized carbons (Fsp3) is 0.214. The third kappa shape index (κ3) is 5.69. The second-order valence-corrected chi connectivity index (χ2v) is 12.1. The maximum atomic E-state index is 13.6. The van der Waals surface area contributed by atoms with E-state index in [0.717, 1.165) is 26.0 Å². The van der Waals surface area contributed by atoms with Gasteiger partial charge in [0.1, 0.15) is 15.7 Å². The number of ether oxygens (including phenoxy) is 1. The molecule has 3 aromatic carbocycles. The average Bonchev–Trinajstić information content (AvgIpc) is 3.56. The standard InChI is InChI=1S/C28H26N4O5S2/c1-18-8-10-19(11-9-18)14-25-30-31-28(38-25)29-27(34)21-12-13-23(37-2)24(15-21)39(35,36)32-17-22(16-26(32)33)20-6-4-3-5-7-20/h3-13,15,22H,14,16-17H2,1-2H3,(H,29,31,34)/t22-/m0/s1. The number of nitrogens with zero attached hydrogens (tertiary/aromatic N) is 3. The van der Waals surface area contributed by atoms with Gasteiger partial charge >= 0.3 is 0 Å². The van der Waals surface area contributed by atoms with Crippen LogP contribution in [0.3, 0.4) is 0 Å². The normalized spacial score (nSPS) is 15.4. The Balaban J connectivity index is 1.34. The summed E-state index contributed by atoms with van der Waals surface area (Å²) in [7, 11) is -2.94. The molecule has 0 unspecified atom stereocenters. The number of carbonyl (C=O) groups excluding carboxylic acids is 2. The van der Waals surface area contributed by atoms with Crippen molar-refractivity contribution in [3.8, 4) is 5.75 Å². The minimum atomic E-state index is -4.28. The second-order valence-electron chi connectivity index (χ2n) is 9.22. The van der Waals surface area contributed by atoms with Crippen molar-refractivity contribution in [2.24, 2.45) is 0 Å². The van der Waals surface area contributed by atoms with Crippen molar-refractivity contribution in [3.63, 3.8) is 0 Å². The predicted molar refractivity (Wildman–Crippen MR) is 148 cm³/mol. The van der Waals surface area contributed by atoms with Crippen molar-refractivity contribution in [2.45, 2.75) is 30.6 Å². The fourth-order valence-electron chi connectivity index (χ4n) is 4.42. The lowest BCUT2D eigenvalue weighted by Gasteiger charge is -2.19. The number of hydrogen-bond donors (Lipinski definition) is 1. The molecule has 0 radical (unpaired) electrons. The molecule has 2 amide bonds. The van der Waals surface area contributed by atoms with Gasteiger partial charge in [0.2, 0.25) is 11.0 Å². The molecule has 0 saturated carbocycles. The predicted octanol–water partition coefficient (Wildman–Crippen LogP) is 4.40. The van der Waals surface area contributed by atoms with E-state index in [2.05, 4.69) is 15.5 Å². The van der Waals surface area contributed by atoms with Crippen molar-refractivity contribution >= 4 is 38.3 Å². The van der Waals surface area contributed by atoms with Crippen LogP contribution in [0.25, 0.3) is 0 Å². The van der Waals surface area contributed by atoms with Gasteiger partial charge in [0.15, 0.2) is 0 Å². The van der Waals surface area contributed by atoms with Gasteiger partial charge in [-0.25, -0.2) is 12.7 Å². The third-order valence-corrected chi connectivity index (χ3v) is 9.16. The van der Waals surface area contributed by atoms with Crippen molar-refractivity contribution in [1.82, 2.24) is 14.5 Å². The summed E-state index contributed by atoms with van der Waals surface area (Å²) in [6, 6.07) is 21.5. The van der Waals surface area contributed by atoms with Crippen LogP contribution in [0.4, 0.5) is 5.13 Å². The summed E-state index contributed by atoms with van der Waals surface area (Å²) in [6.45, 7) is 2.03. The van der Waals surface area contributed by atoms with E-state index in [9.17, 15) is 18.0 Å². The number of aryl methyl sites for hydroxylation is 1. The molecular weight excluding hydrogens is 536 g/mol. The monoisotopic (exact) mass is 562 g/mol. The first-order valence-electron chi connectivity index (χ1n) is 12.2. The number of amides is 2. The van der Waals surface area contributed by atoms with E-state index in [1.807, 2.05) is 61.5 Å². The van der Waals surface area contributed by atoms with E-state index in [0.29, 0.717) is 11.6 Å². The molecule has 5 rings (SSSR count). The molecule has 11 heteroatoms. The summed E-state index contributed by atoms with van der Waals surface area (Å²) in [5.74, 6) is -1.27. The Labute approximate surface area is 230 Å². The minimum absolute atomic E-state index is 0.0132. The second kappa shape index (κ2) is 11.0. The molecule has 1 saturated heterocycles. The zero-order valence-electron chi connectivity index (χ0n) is 21.3. The highest BCUT2D eigenvalue weighted by atomic mass is 32.2. The lowest BCUT2D eigenvalue weighted by Crippen LogP contribution is -2.32. The Bertz CT molecular complexity index is 1620. The van der Waals surface area contributed by atoms with Crippen LogP contribution in [0.1, 0.15) is 44.4 Å². The number of hydrogen-bond acceptors (Lipinski definition) is 8. The van der Waals surface area contributed by atoms with Gasteiger partial charge in [0, 0.05) is 30.9 Å². The van der Waals surface area contributed by atoms with Gasteiger partial charge in [0.25, 0.3) is 15.9 Å². The maximum absolute atomic E-state index is 13.6. The molecule has 9 nitrogen and oxygen atoms in total. The Hall–Kier alpha value is -4.09. The van der Waals surface area contributed by atoms with Gasteiger partial charge in [-0.2, -0.15) is 0 Å². The first-order chi connectivity index (χ1) is 18.7. The molecule has 1 fully saturated rings. The largest absolute Gasteiger partial charge is 0.495 e. The first-order valence-corrected chi connectivity index (χ1v) is 14.5. The molecule has 1 aliphatic heterocycles. The zero-order chi connectivity index (χ0) is 27.6. The number of sulfonamides is 1. The van der Waals surface area contributed by atoms with Crippen LogP contribution in [0, 0.1) is 6.92 Å². The first kappa shape index (κ1) is 26.5. The van der Waals surface area contributed by atoms with Crippen molar-refractivity contribution in [3.05, 3.63) is 100 Å². The van der Waals surface area contributed by atoms with Crippen molar-refractivity contribution in [2.75, 3.05) is 19.0 Å². The molecule has 0 spiro atoms. The van der Waals surface area contributed by atoms with Crippen molar-refractivity contribution < 1.29 is 22.7 Å². The number of rotatable bonds is 8. The van der Waals surface area contributed by atoms with E-state index in [4.69, 9.17) is 4.74 Å². The quantitative estimate of drug-likeness (QED) is 0.338. The van der Waals surface area contributed by atoms with Gasteiger partial charge in [-0.15, -0.1) is 10.2 Å². The summed E-state index contributed by atoms with van der Waals surface area (Å²) in [4.78, 5) is 25.6. The van der Waals surface area contributed by atoms with Crippen LogP contribution in [-0.4, -0.2) is 48.4 Å². The summed E-state index contributed by atoms with van der Waals surface area (Å²) in [5.41, 5.74) is 3.21. The van der Waals surface area contributed by atoms with E-state index in [1.165, 1.54) is 36.6 Å². The molecule has 1 aliphatic rings. The summed E-state index contributed by atoms with van der Waals surface area (Å²) < 4.78 is 33.4. The number of aromatic nitrogens is 2. The number of benzene rings is 3. The van der Waals surface area contributed by atoms with Crippen LogP contribution in [0.2, 0.25) is 0 Å². The molecule has 1 N–H and O–H groups in total. The van der Waals surface area contributed by atoms with E-state index < -0.39 is 21.8 Å². The number of anilines is 1. The fourth-order valence-corrected chi connectivity index (χ4v) is 6.83. The molecule has 200 valence electrons. The smallest absolute Gasteiger partial charge is 0.270 e. The van der Waals surface area contributed by atoms with Gasteiger partial charge in [-0.3, -0.25) is 14.9 Å².